The molecule has 0 spiro atoms. The van der Waals surface area contributed by atoms with E-state index in [0.29, 0.717) is 5.39 Å². The van der Waals surface area contributed by atoms with Crippen LogP contribution in [0.25, 0.3) is 10.8 Å². The lowest BCUT2D eigenvalue weighted by Gasteiger charge is -2.14. The Bertz CT molecular complexity index is 887. The summed E-state index contributed by atoms with van der Waals surface area (Å²) in [5.74, 6) is -0.244. The zero-order chi connectivity index (χ0) is 16.2. The van der Waals surface area contributed by atoms with Crippen LogP contribution in [-0.4, -0.2) is 15.7 Å². The highest BCUT2D eigenvalue weighted by molar-refractivity contribution is 5.81. The highest BCUT2D eigenvalue weighted by atomic mass is 16.2. The summed E-state index contributed by atoms with van der Waals surface area (Å²) in [6.45, 7) is 1.81. The van der Waals surface area contributed by atoms with Gasteiger partial charge in [-0.1, -0.05) is 48.5 Å². The van der Waals surface area contributed by atoms with Crippen molar-refractivity contribution in [2.24, 2.45) is 0 Å². The Morgan fingerprint density at radius 1 is 1.13 bits per heavy atom. The number of benzene rings is 2. The quantitative estimate of drug-likeness (QED) is 0.804. The van der Waals surface area contributed by atoms with E-state index in [1.807, 2.05) is 49.4 Å². The van der Waals surface area contributed by atoms with Crippen LogP contribution in [0, 0.1) is 0 Å². The molecule has 0 fully saturated rings. The van der Waals surface area contributed by atoms with Gasteiger partial charge in [0.2, 0.25) is 5.91 Å². The molecule has 0 aliphatic heterocycles. The molecule has 116 valence electrons. The van der Waals surface area contributed by atoms with Gasteiger partial charge in [0.1, 0.15) is 6.54 Å². The lowest BCUT2D eigenvalue weighted by Crippen LogP contribution is -2.34. The number of nitrogens with zero attached hydrogens (tertiary/aromatic N) is 2. The number of aromatic nitrogens is 2. The van der Waals surface area contributed by atoms with E-state index in [1.54, 1.807) is 18.3 Å². The largest absolute Gasteiger partial charge is 0.348 e. The molecule has 0 saturated carbocycles. The first-order valence-electron chi connectivity index (χ1n) is 7.44. The highest BCUT2D eigenvalue weighted by Gasteiger charge is 2.12. The number of amides is 1. The normalized spacial score (nSPS) is 12.0. The van der Waals surface area contributed by atoms with E-state index in [2.05, 4.69) is 10.4 Å². The van der Waals surface area contributed by atoms with Crippen LogP contribution in [0.1, 0.15) is 18.5 Å². The number of nitrogens with one attached hydrogen (secondary N) is 1. The van der Waals surface area contributed by atoms with E-state index in [9.17, 15) is 9.59 Å². The first kappa shape index (κ1) is 15.0. The molecule has 1 N–H and O–H groups in total. The SMILES string of the molecule is CC(NC(=O)Cn1ncc2ccccc2c1=O)c1ccccc1. The Labute approximate surface area is 133 Å². The second-order valence-electron chi connectivity index (χ2n) is 5.39. The van der Waals surface area contributed by atoms with Crippen molar-refractivity contribution in [3.05, 3.63) is 76.7 Å². The van der Waals surface area contributed by atoms with Crippen molar-refractivity contribution < 1.29 is 4.79 Å². The van der Waals surface area contributed by atoms with Crippen molar-refractivity contribution in [1.82, 2.24) is 15.1 Å². The number of carbonyl (C=O) groups is 1. The van der Waals surface area contributed by atoms with Gasteiger partial charge in [0, 0.05) is 5.39 Å². The maximum Gasteiger partial charge on any atom is 0.275 e. The third kappa shape index (κ3) is 3.29. The minimum Gasteiger partial charge on any atom is -0.348 e. The fourth-order valence-corrected chi connectivity index (χ4v) is 2.49. The lowest BCUT2D eigenvalue weighted by atomic mass is 10.1. The van der Waals surface area contributed by atoms with Gasteiger partial charge in [-0.2, -0.15) is 5.10 Å². The van der Waals surface area contributed by atoms with Gasteiger partial charge in [0.25, 0.3) is 5.56 Å². The van der Waals surface area contributed by atoms with E-state index < -0.39 is 0 Å². The van der Waals surface area contributed by atoms with Crippen LogP contribution in [0.5, 0.6) is 0 Å². The summed E-state index contributed by atoms with van der Waals surface area (Å²) in [7, 11) is 0. The van der Waals surface area contributed by atoms with Crippen molar-refractivity contribution in [3.63, 3.8) is 0 Å². The van der Waals surface area contributed by atoms with Crippen molar-refractivity contribution in [1.29, 1.82) is 0 Å². The average molecular weight is 307 g/mol. The molecule has 1 atom stereocenters. The van der Waals surface area contributed by atoms with Crippen molar-refractivity contribution in [2.45, 2.75) is 19.5 Å². The van der Waals surface area contributed by atoms with Crippen LogP contribution in [0.4, 0.5) is 0 Å². The fourth-order valence-electron chi connectivity index (χ4n) is 2.49. The summed E-state index contributed by atoms with van der Waals surface area (Å²) in [5.41, 5.74) is 0.755. The molecular weight excluding hydrogens is 290 g/mol. The van der Waals surface area contributed by atoms with Crippen LogP contribution in [0.3, 0.4) is 0 Å². The number of hydrogen-bond acceptors (Lipinski definition) is 3. The van der Waals surface area contributed by atoms with Gasteiger partial charge in [-0.05, 0) is 18.6 Å². The minimum atomic E-state index is -0.259. The second kappa shape index (κ2) is 6.44. The van der Waals surface area contributed by atoms with Crippen LogP contribution in [-0.2, 0) is 11.3 Å². The maximum atomic E-state index is 12.3. The maximum absolute atomic E-state index is 12.3. The van der Waals surface area contributed by atoms with E-state index in [-0.39, 0.29) is 24.1 Å². The Hall–Kier alpha value is -2.95. The van der Waals surface area contributed by atoms with Gasteiger partial charge >= 0.3 is 0 Å². The van der Waals surface area contributed by atoms with E-state index in [1.165, 1.54) is 4.68 Å². The smallest absolute Gasteiger partial charge is 0.275 e. The molecule has 23 heavy (non-hydrogen) atoms. The highest BCUT2D eigenvalue weighted by Crippen LogP contribution is 2.11. The molecule has 0 radical (unpaired) electrons. The lowest BCUT2D eigenvalue weighted by molar-refractivity contribution is -0.122. The number of hydrogen-bond donors (Lipinski definition) is 1. The number of rotatable bonds is 4. The van der Waals surface area contributed by atoms with Gasteiger partial charge in [0.15, 0.2) is 0 Å². The van der Waals surface area contributed by atoms with E-state index >= 15 is 0 Å². The second-order valence-corrected chi connectivity index (χ2v) is 5.39. The zero-order valence-corrected chi connectivity index (χ0v) is 12.8. The molecule has 3 rings (SSSR count). The fraction of sp³-hybridized carbons (Fsp3) is 0.167. The predicted octanol–water partition coefficient (Wildman–Crippen LogP) is 2.27. The molecule has 0 aliphatic carbocycles. The van der Waals surface area contributed by atoms with Crippen LogP contribution < -0.4 is 10.9 Å². The van der Waals surface area contributed by atoms with Crippen LogP contribution in [0.15, 0.2) is 65.6 Å². The molecule has 1 unspecified atom stereocenters. The average Bonchev–Trinajstić information content (AvgIpc) is 2.58. The number of carbonyl (C=O) groups excluding carboxylic acids is 1. The summed E-state index contributed by atoms with van der Waals surface area (Å²) in [5, 5.41) is 8.28. The Morgan fingerprint density at radius 3 is 2.61 bits per heavy atom. The minimum absolute atomic E-state index is 0.0964. The van der Waals surface area contributed by atoms with Gasteiger partial charge in [-0.15, -0.1) is 0 Å². The third-order valence-electron chi connectivity index (χ3n) is 3.73. The van der Waals surface area contributed by atoms with Gasteiger partial charge in [0.05, 0.1) is 17.6 Å². The molecule has 0 aliphatic rings. The number of fused-ring (bicyclic) bond motifs is 1. The molecular formula is C18H17N3O2. The van der Waals surface area contributed by atoms with Gasteiger partial charge in [-0.25, -0.2) is 4.68 Å². The Balaban J connectivity index is 1.76. The first-order valence-corrected chi connectivity index (χ1v) is 7.44. The summed E-state index contributed by atoms with van der Waals surface area (Å²) < 4.78 is 1.19. The summed E-state index contributed by atoms with van der Waals surface area (Å²) in [6, 6.07) is 16.8. The van der Waals surface area contributed by atoms with Crippen LogP contribution >= 0.6 is 0 Å². The standard InChI is InChI=1S/C18H17N3O2/c1-13(14-7-3-2-4-8-14)20-17(22)12-21-18(23)16-10-6-5-9-15(16)11-19-21/h2-11,13H,12H2,1H3,(H,20,22). The van der Waals surface area contributed by atoms with Crippen molar-refractivity contribution in [2.75, 3.05) is 0 Å². The van der Waals surface area contributed by atoms with E-state index in [4.69, 9.17) is 0 Å². The molecule has 0 bridgehead atoms. The molecule has 5 nitrogen and oxygen atoms in total. The Kier molecular flexibility index (Phi) is 4.19. The predicted molar refractivity (Wildman–Crippen MR) is 89.0 cm³/mol. The molecule has 2 aromatic carbocycles. The van der Waals surface area contributed by atoms with Gasteiger partial charge in [-0.3, -0.25) is 9.59 Å². The molecule has 1 aromatic heterocycles. The van der Waals surface area contributed by atoms with Crippen LogP contribution in [0.2, 0.25) is 0 Å². The summed E-state index contributed by atoms with van der Waals surface area (Å²) in [4.78, 5) is 24.5. The molecule has 0 saturated heterocycles. The Morgan fingerprint density at radius 2 is 1.83 bits per heavy atom. The molecule has 5 heteroatoms. The van der Waals surface area contributed by atoms with Gasteiger partial charge < -0.3 is 5.32 Å². The van der Waals surface area contributed by atoms with Crippen molar-refractivity contribution in [3.8, 4) is 0 Å². The van der Waals surface area contributed by atoms with Crippen molar-refractivity contribution >= 4 is 16.7 Å². The third-order valence-corrected chi connectivity index (χ3v) is 3.73. The summed E-state index contributed by atoms with van der Waals surface area (Å²) >= 11 is 0. The monoisotopic (exact) mass is 307 g/mol. The summed E-state index contributed by atoms with van der Waals surface area (Å²) in [6.07, 6.45) is 1.60. The molecule has 1 heterocycles. The molecule has 1 amide bonds. The zero-order valence-electron chi connectivity index (χ0n) is 12.8. The molecule has 3 aromatic rings. The van der Waals surface area contributed by atoms with E-state index in [0.717, 1.165) is 10.9 Å². The topological polar surface area (TPSA) is 64.0 Å². The first-order chi connectivity index (χ1) is 11.1.